The van der Waals surface area contributed by atoms with Gasteiger partial charge < -0.3 is 9.73 Å². The molecule has 2 atom stereocenters. The molecule has 96 valence electrons. The second-order valence-electron chi connectivity index (χ2n) is 4.69. The number of furan rings is 1. The molecule has 2 rings (SSSR count). The Labute approximate surface area is 108 Å². The minimum Gasteiger partial charge on any atom is -0.469 e. The van der Waals surface area contributed by atoms with Crippen LogP contribution < -0.4 is 5.32 Å². The Hall–Kier alpha value is -1.61. The average molecular weight is 244 g/mol. The monoisotopic (exact) mass is 244 g/mol. The molecule has 0 aliphatic rings. The maximum Gasteiger partial charge on any atom is 0.103 e. The van der Waals surface area contributed by atoms with Crippen LogP contribution in [0.1, 0.15) is 37.6 Å². The topological polar surface area (TPSA) is 38.1 Å². The Bertz CT molecular complexity index is 439. The zero-order chi connectivity index (χ0) is 12.8. The molecule has 1 unspecified atom stereocenters. The van der Waals surface area contributed by atoms with Gasteiger partial charge in [-0.25, -0.2) is 0 Å². The molecule has 18 heavy (non-hydrogen) atoms. The molecule has 2 aromatic heterocycles. The second-order valence-corrected chi connectivity index (χ2v) is 4.69. The lowest BCUT2D eigenvalue weighted by Gasteiger charge is -2.19. The molecule has 0 radical (unpaired) electrons. The highest BCUT2D eigenvalue weighted by Gasteiger charge is 2.09. The fraction of sp³-hybridized carbons (Fsp3) is 0.400. The van der Waals surface area contributed by atoms with E-state index in [0.29, 0.717) is 12.1 Å². The standard InChI is InChI=1S/C15H20N2O/c1-12(7-8-15-6-4-10-18-15)17-13(2)14-5-3-9-16-11-14/h3-6,9-13,17H,7-8H2,1-2H3/t12?,13-/m1/s1. The smallest absolute Gasteiger partial charge is 0.103 e. The van der Waals surface area contributed by atoms with Crippen LogP contribution in [0, 0.1) is 0 Å². The molecular weight excluding hydrogens is 224 g/mol. The van der Waals surface area contributed by atoms with Crippen molar-refractivity contribution in [2.75, 3.05) is 0 Å². The molecule has 0 fully saturated rings. The van der Waals surface area contributed by atoms with E-state index in [4.69, 9.17) is 4.42 Å². The van der Waals surface area contributed by atoms with Gasteiger partial charge in [0, 0.05) is 30.9 Å². The first-order valence-corrected chi connectivity index (χ1v) is 6.44. The Morgan fingerprint density at radius 3 is 2.83 bits per heavy atom. The number of pyridine rings is 1. The number of rotatable bonds is 6. The highest BCUT2D eigenvalue weighted by atomic mass is 16.3. The van der Waals surface area contributed by atoms with Crippen LogP contribution in [0.4, 0.5) is 0 Å². The fourth-order valence-electron chi connectivity index (χ4n) is 2.05. The Balaban J connectivity index is 1.78. The molecular formula is C15H20N2O. The largest absolute Gasteiger partial charge is 0.469 e. The third-order valence-electron chi connectivity index (χ3n) is 3.12. The molecule has 0 spiro atoms. The molecule has 1 N–H and O–H groups in total. The molecule has 0 aromatic carbocycles. The molecule has 3 nitrogen and oxygen atoms in total. The first-order chi connectivity index (χ1) is 8.75. The first kappa shape index (κ1) is 12.8. The lowest BCUT2D eigenvalue weighted by molar-refractivity contribution is 0.430. The zero-order valence-corrected chi connectivity index (χ0v) is 11.0. The summed E-state index contributed by atoms with van der Waals surface area (Å²) >= 11 is 0. The maximum absolute atomic E-state index is 5.34. The molecule has 2 aromatic rings. The number of aromatic nitrogens is 1. The molecule has 0 aliphatic carbocycles. The van der Waals surface area contributed by atoms with Gasteiger partial charge in [-0.1, -0.05) is 6.07 Å². The Morgan fingerprint density at radius 2 is 2.17 bits per heavy atom. The van der Waals surface area contributed by atoms with Crippen LogP contribution in [0.25, 0.3) is 0 Å². The van der Waals surface area contributed by atoms with Crippen molar-refractivity contribution in [1.29, 1.82) is 0 Å². The molecule has 3 heteroatoms. The van der Waals surface area contributed by atoms with E-state index in [1.807, 2.05) is 24.4 Å². The van der Waals surface area contributed by atoms with Gasteiger partial charge in [0.2, 0.25) is 0 Å². The van der Waals surface area contributed by atoms with Gasteiger partial charge in [-0.15, -0.1) is 0 Å². The third-order valence-corrected chi connectivity index (χ3v) is 3.12. The van der Waals surface area contributed by atoms with Crippen LogP contribution in [0.15, 0.2) is 47.3 Å². The summed E-state index contributed by atoms with van der Waals surface area (Å²) in [6.07, 6.45) is 7.48. The van der Waals surface area contributed by atoms with E-state index in [-0.39, 0.29) is 0 Å². The number of hydrogen-bond donors (Lipinski definition) is 1. The third kappa shape index (κ3) is 3.70. The van der Waals surface area contributed by atoms with Crippen molar-refractivity contribution >= 4 is 0 Å². The summed E-state index contributed by atoms with van der Waals surface area (Å²) in [6, 6.07) is 8.81. The highest BCUT2D eigenvalue weighted by Crippen LogP contribution is 2.13. The normalized spacial score (nSPS) is 14.3. The first-order valence-electron chi connectivity index (χ1n) is 6.44. The van der Waals surface area contributed by atoms with E-state index in [0.717, 1.165) is 18.6 Å². The summed E-state index contributed by atoms with van der Waals surface area (Å²) in [6.45, 7) is 4.37. The van der Waals surface area contributed by atoms with Crippen LogP contribution in [0.3, 0.4) is 0 Å². The van der Waals surface area contributed by atoms with Gasteiger partial charge in [0.05, 0.1) is 6.26 Å². The maximum atomic E-state index is 5.34. The summed E-state index contributed by atoms with van der Waals surface area (Å²) < 4.78 is 5.34. The molecule has 0 bridgehead atoms. The summed E-state index contributed by atoms with van der Waals surface area (Å²) in [5.41, 5.74) is 1.22. The van der Waals surface area contributed by atoms with Gasteiger partial charge in [-0.2, -0.15) is 0 Å². The predicted molar refractivity (Wildman–Crippen MR) is 72.3 cm³/mol. The minimum atomic E-state index is 0.324. The average Bonchev–Trinajstić information content (AvgIpc) is 2.90. The van der Waals surface area contributed by atoms with Crippen molar-refractivity contribution in [3.63, 3.8) is 0 Å². The molecule has 2 heterocycles. The summed E-state index contributed by atoms with van der Waals surface area (Å²) in [5.74, 6) is 1.05. The van der Waals surface area contributed by atoms with Crippen molar-refractivity contribution in [2.45, 2.75) is 38.8 Å². The van der Waals surface area contributed by atoms with Crippen molar-refractivity contribution in [3.8, 4) is 0 Å². The van der Waals surface area contributed by atoms with Gasteiger partial charge >= 0.3 is 0 Å². The Morgan fingerprint density at radius 1 is 1.28 bits per heavy atom. The van der Waals surface area contributed by atoms with Crippen molar-refractivity contribution in [2.24, 2.45) is 0 Å². The van der Waals surface area contributed by atoms with Crippen molar-refractivity contribution < 1.29 is 4.42 Å². The van der Waals surface area contributed by atoms with Gasteiger partial charge in [0.15, 0.2) is 0 Å². The molecule has 0 aliphatic heterocycles. The summed E-state index contributed by atoms with van der Waals surface area (Å²) in [5, 5.41) is 3.58. The SMILES string of the molecule is CC(CCc1ccco1)N[C@H](C)c1cccnc1. The van der Waals surface area contributed by atoms with Crippen LogP contribution in [0.2, 0.25) is 0 Å². The van der Waals surface area contributed by atoms with Gasteiger partial charge in [0.25, 0.3) is 0 Å². The van der Waals surface area contributed by atoms with E-state index in [1.54, 1.807) is 12.5 Å². The molecule has 0 saturated carbocycles. The summed E-state index contributed by atoms with van der Waals surface area (Å²) in [7, 11) is 0. The van der Waals surface area contributed by atoms with E-state index >= 15 is 0 Å². The van der Waals surface area contributed by atoms with E-state index < -0.39 is 0 Å². The molecule has 0 amide bonds. The van der Waals surface area contributed by atoms with E-state index in [1.165, 1.54) is 5.56 Å². The quantitative estimate of drug-likeness (QED) is 0.846. The molecule has 0 saturated heterocycles. The number of nitrogens with zero attached hydrogens (tertiary/aromatic N) is 1. The van der Waals surface area contributed by atoms with E-state index in [2.05, 4.69) is 30.2 Å². The number of aryl methyl sites for hydroxylation is 1. The highest BCUT2D eigenvalue weighted by molar-refractivity contribution is 5.12. The fourth-order valence-corrected chi connectivity index (χ4v) is 2.05. The van der Waals surface area contributed by atoms with Crippen molar-refractivity contribution in [3.05, 3.63) is 54.2 Å². The van der Waals surface area contributed by atoms with Gasteiger partial charge in [0.1, 0.15) is 5.76 Å². The number of nitrogens with one attached hydrogen (secondary N) is 1. The van der Waals surface area contributed by atoms with E-state index in [9.17, 15) is 0 Å². The second kappa shape index (κ2) is 6.36. The van der Waals surface area contributed by atoms with Gasteiger partial charge in [-0.05, 0) is 44.0 Å². The van der Waals surface area contributed by atoms with Crippen LogP contribution in [-0.2, 0) is 6.42 Å². The Kier molecular flexibility index (Phi) is 4.53. The number of hydrogen-bond acceptors (Lipinski definition) is 3. The predicted octanol–water partition coefficient (Wildman–Crippen LogP) is 3.35. The van der Waals surface area contributed by atoms with Crippen LogP contribution in [-0.4, -0.2) is 11.0 Å². The van der Waals surface area contributed by atoms with Crippen molar-refractivity contribution in [1.82, 2.24) is 10.3 Å². The zero-order valence-electron chi connectivity index (χ0n) is 11.0. The lowest BCUT2D eigenvalue weighted by atomic mass is 10.1. The van der Waals surface area contributed by atoms with Gasteiger partial charge in [-0.3, -0.25) is 4.98 Å². The lowest BCUT2D eigenvalue weighted by Crippen LogP contribution is -2.29. The van der Waals surface area contributed by atoms with Crippen LogP contribution in [0.5, 0.6) is 0 Å². The summed E-state index contributed by atoms with van der Waals surface area (Å²) in [4.78, 5) is 4.14. The minimum absolute atomic E-state index is 0.324. The van der Waals surface area contributed by atoms with Crippen LogP contribution >= 0.6 is 0 Å².